The van der Waals surface area contributed by atoms with Crippen molar-refractivity contribution in [1.29, 1.82) is 0 Å². The fraction of sp³-hybridized carbons (Fsp3) is 0.538. The second-order valence-electron chi connectivity index (χ2n) is 5.31. The van der Waals surface area contributed by atoms with Crippen molar-refractivity contribution >= 4 is 23.2 Å². The number of amides is 1. The Labute approximate surface area is 113 Å². The quantitative estimate of drug-likeness (QED) is 0.827. The summed E-state index contributed by atoms with van der Waals surface area (Å²) in [6.07, 6.45) is 1.99. The molecule has 1 heterocycles. The lowest BCUT2D eigenvalue weighted by atomic mass is 10.1. The van der Waals surface area contributed by atoms with Crippen molar-refractivity contribution in [2.75, 3.05) is 11.9 Å². The topological polar surface area (TPSA) is 54.0 Å². The Kier molecular flexibility index (Phi) is 5.11. The van der Waals surface area contributed by atoms with Gasteiger partial charge in [-0.3, -0.25) is 4.79 Å². The van der Waals surface area contributed by atoms with Gasteiger partial charge in [0.25, 0.3) is 0 Å². The van der Waals surface area contributed by atoms with E-state index in [2.05, 4.69) is 36.4 Å². The van der Waals surface area contributed by atoms with Crippen molar-refractivity contribution in [3.8, 4) is 0 Å². The van der Waals surface area contributed by atoms with E-state index in [0.717, 1.165) is 5.56 Å². The van der Waals surface area contributed by atoms with Crippen LogP contribution in [-0.2, 0) is 4.79 Å². The van der Waals surface area contributed by atoms with Gasteiger partial charge in [-0.2, -0.15) is 0 Å². The number of nitrogens with zero attached hydrogens (tertiary/aromatic N) is 1. The summed E-state index contributed by atoms with van der Waals surface area (Å²) >= 11 is 5.82. The van der Waals surface area contributed by atoms with Crippen LogP contribution < -0.4 is 10.6 Å². The van der Waals surface area contributed by atoms with E-state index in [1.807, 2.05) is 13.0 Å². The number of halogens is 1. The molecule has 0 atom stereocenters. The third kappa shape index (κ3) is 5.47. The first-order valence-corrected chi connectivity index (χ1v) is 6.33. The molecule has 0 saturated carbocycles. The maximum atomic E-state index is 11.7. The summed E-state index contributed by atoms with van der Waals surface area (Å²) in [5.41, 5.74) is 1.55. The van der Waals surface area contributed by atoms with E-state index in [-0.39, 0.29) is 11.4 Å². The minimum Gasteiger partial charge on any atom is -0.325 e. The number of carbonyl (C=O) groups is 1. The number of pyridine rings is 1. The third-order valence-corrected chi connectivity index (χ3v) is 2.70. The Morgan fingerprint density at radius 1 is 1.44 bits per heavy atom. The molecular formula is C13H20ClN3O. The second kappa shape index (κ2) is 6.16. The van der Waals surface area contributed by atoms with Gasteiger partial charge in [-0.15, -0.1) is 0 Å². The number of nitrogens with one attached hydrogen (secondary N) is 2. The molecule has 0 bridgehead atoms. The largest absolute Gasteiger partial charge is 0.325 e. The van der Waals surface area contributed by atoms with Crippen molar-refractivity contribution in [3.05, 3.63) is 23.0 Å². The molecule has 1 rings (SSSR count). The Morgan fingerprint density at radius 3 is 2.67 bits per heavy atom. The maximum absolute atomic E-state index is 11.7. The van der Waals surface area contributed by atoms with E-state index < -0.39 is 0 Å². The fourth-order valence-electron chi connectivity index (χ4n) is 1.40. The van der Waals surface area contributed by atoms with Gasteiger partial charge >= 0.3 is 0 Å². The van der Waals surface area contributed by atoms with Crippen molar-refractivity contribution < 1.29 is 4.79 Å². The minimum atomic E-state index is -0.0322. The molecule has 1 aromatic rings. The smallest absolute Gasteiger partial charge is 0.225 e. The van der Waals surface area contributed by atoms with Gasteiger partial charge in [0.15, 0.2) is 0 Å². The second-order valence-corrected chi connectivity index (χ2v) is 5.66. The monoisotopic (exact) mass is 269 g/mol. The van der Waals surface area contributed by atoms with Gasteiger partial charge in [0.05, 0.1) is 11.9 Å². The summed E-state index contributed by atoms with van der Waals surface area (Å²) in [4.78, 5) is 15.7. The summed E-state index contributed by atoms with van der Waals surface area (Å²) < 4.78 is 0. The van der Waals surface area contributed by atoms with Crippen LogP contribution in [0, 0.1) is 6.92 Å². The third-order valence-electron chi connectivity index (χ3n) is 2.31. The summed E-state index contributed by atoms with van der Waals surface area (Å²) in [7, 11) is 0. The van der Waals surface area contributed by atoms with Gasteiger partial charge in [-0.05, 0) is 39.3 Å². The molecule has 5 heteroatoms. The molecule has 0 saturated heterocycles. The standard InChI is InChI=1S/C13H20ClN3O/c1-9-7-10(8-15-12(9)14)17-11(18)5-6-16-13(2,3)4/h7-8,16H,5-6H2,1-4H3,(H,17,18). The van der Waals surface area contributed by atoms with Gasteiger partial charge in [-0.25, -0.2) is 4.98 Å². The van der Waals surface area contributed by atoms with Crippen LogP contribution in [0.2, 0.25) is 5.15 Å². The molecule has 1 aromatic heterocycles. The molecule has 1 amide bonds. The van der Waals surface area contributed by atoms with Crippen LogP contribution in [-0.4, -0.2) is 23.0 Å². The summed E-state index contributed by atoms with van der Waals surface area (Å²) in [6, 6.07) is 1.81. The summed E-state index contributed by atoms with van der Waals surface area (Å²) in [5, 5.41) is 6.52. The number of hydrogen-bond acceptors (Lipinski definition) is 3. The number of carbonyl (C=O) groups excluding carboxylic acids is 1. The summed E-state index contributed by atoms with van der Waals surface area (Å²) in [5.74, 6) is -0.0322. The molecule has 2 N–H and O–H groups in total. The van der Waals surface area contributed by atoms with E-state index >= 15 is 0 Å². The first-order valence-electron chi connectivity index (χ1n) is 5.95. The molecular weight excluding hydrogens is 250 g/mol. The maximum Gasteiger partial charge on any atom is 0.225 e. The lowest BCUT2D eigenvalue weighted by molar-refractivity contribution is -0.116. The predicted molar refractivity (Wildman–Crippen MR) is 75.0 cm³/mol. The highest BCUT2D eigenvalue weighted by atomic mass is 35.5. The molecule has 0 aliphatic carbocycles. The molecule has 0 aromatic carbocycles. The van der Waals surface area contributed by atoms with E-state index in [1.165, 1.54) is 0 Å². The van der Waals surface area contributed by atoms with Crippen LogP contribution in [0.1, 0.15) is 32.8 Å². The Balaban J connectivity index is 2.42. The van der Waals surface area contributed by atoms with Crippen molar-refractivity contribution in [3.63, 3.8) is 0 Å². The zero-order chi connectivity index (χ0) is 13.8. The zero-order valence-corrected chi connectivity index (χ0v) is 12.1. The molecule has 0 aliphatic rings. The van der Waals surface area contributed by atoms with Crippen LogP contribution in [0.3, 0.4) is 0 Å². The Hall–Kier alpha value is -1.13. The average molecular weight is 270 g/mol. The van der Waals surface area contributed by atoms with Crippen LogP contribution in [0.15, 0.2) is 12.3 Å². The lowest BCUT2D eigenvalue weighted by Gasteiger charge is -2.20. The normalized spacial score (nSPS) is 11.4. The van der Waals surface area contributed by atoms with Crippen LogP contribution in [0.4, 0.5) is 5.69 Å². The molecule has 0 aliphatic heterocycles. The number of aryl methyl sites for hydroxylation is 1. The summed E-state index contributed by atoms with van der Waals surface area (Å²) in [6.45, 7) is 8.70. The minimum absolute atomic E-state index is 0.0265. The van der Waals surface area contributed by atoms with E-state index in [9.17, 15) is 4.79 Å². The van der Waals surface area contributed by atoms with E-state index in [1.54, 1.807) is 6.20 Å². The lowest BCUT2D eigenvalue weighted by Crippen LogP contribution is -2.37. The number of anilines is 1. The van der Waals surface area contributed by atoms with Crippen molar-refractivity contribution in [1.82, 2.24) is 10.3 Å². The van der Waals surface area contributed by atoms with Crippen molar-refractivity contribution in [2.45, 2.75) is 39.7 Å². The predicted octanol–water partition coefficient (Wildman–Crippen LogP) is 2.76. The molecule has 18 heavy (non-hydrogen) atoms. The first kappa shape index (κ1) is 14.9. The Morgan fingerprint density at radius 2 is 2.11 bits per heavy atom. The van der Waals surface area contributed by atoms with Crippen molar-refractivity contribution in [2.24, 2.45) is 0 Å². The molecule has 4 nitrogen and oxygen atoms in total. The highest BCUT2D eigenvalue weighted by Gasteiger charge is 2.10. The number of aromatic nitrogens is 1. The number of hydrogen-bond donors (Lipinski definition) is 2. The van der Waals surface area contributed by atoms with E-state index in [0.29, 0.717) is 23.8 Å². The average Bonchev–Trinajstić information content (AvgIpc) is 2.21. The van der Waals surface area contributed by atoms with Gasteiger partial charge in [-0.1, -0.05) is 11.6 Å². The zero-order valence-electron chi connectivity index (χ0n) is 11.3. The molecule has 0 fully saturated rings. The first-order chi connectivity index (χ1) is 8.28. The Bertz CT molecular complexity index is 427. The van der Waals surface area contributed by atoms with Gasteiger partial charge < -0.3 is 10.6 Å². The number of rotatable bonds is 4. The fourth-order valence-corrected chi connectivity index (χ4v) is 1.50. The van der Waals surface area contributed by atoms with Crippen LogP contribution >= 0.6 is 11.6 Å². The highest BCUT2D eigenvalue weighted by molar-refractivity contribution is 6.30. The molecule has 0 unspecified atom stereocenters. The van der Waals surface area contributed by atoms with Crippen LogP contribution in [0.5, 0.6) is 0 Å². The molecule has 0 spiro atoms. The van der Waals surface area contributed by atoms with Gasteiger partial charge in [0.1, 0.15) is 5.15 Å². The van der Waals surface area contributed by atoms with Gasteiger partial charge in [0.2, 0.25) is 5.91 Å². The van der Waals surface area contributed by atoms with E-state index in [4.69, 9.17) is 11.6 Å². The highest BCUT2D eigenvalue weighted by Crippen LogP contribution is 2.16. The SMILES string of the molecule is Cc1cc(NC(=O)CCNC(C)(C)C)cnc1Cl. The molecule has 100 valence electrons. The van der Waals surface area contributed by atoms with Gasteiger partial charge in [0, 0.05) is 18.5 Å². The molecule has 0 radical (unpaired) electrons. The van der Waals surface area contributed by atoms with Crippen LogP contribution in [0.25, 0.3) is 0 Å².